The van der Waals surface area contributed by atoms with E-state index in [9.17, 15) is 30.3 Å². The Hall–Kier alpha value is -2.63. The maximum absolute atomic E-state index is 12.9. The van der Waals surface area contributed by atoms with Crippen molar-refractivity contribution < 1.29 is 39.8 Å². The molecule has 7 unspecified atom stereocenters. The van der Waals surface area contributed by atoms with E-state index in [2.05, 4.69) is 92.1 Å². The van der Waals surface area contributed by atoms with Crippen molar-refractivity contribution in [3.05, 3.63) is 85.1 Å². The second-order valence-electron chi connectivity index (χ2n) is 18.6. The molecule has 0 spiro atoms. The number of carbonyl (C=O) groups is 1. The van der Waals surface area contributed by atoms with Gasteiger partial charge in [0.25, 0.3) is 0 Å². The molecule has 1 aliphatic rings. The molecule has 1 saturated heterocycles. The monoisotopic (exact) mass is 940 g/mol. The number of rotatable bonds is 45. The lowest BCUT2D eigenvalue weighted by molar-refractivity contribution is -0.302. The molecule has 1 fully saturated rings. The largest absolute Gasteiger partial charge is 0.394 e. The molecule has 0 aromatic heterocycles. The van der Waals surface area contributed by atoms with Crippen LogP contribution in [0.4, 0.5) is 0 Å². The molecule has 1 rings (SSSR count). The van der Waals surface area contributed by atoms with Crippen molar-refractivity contribution in [2.45, 2.75) is 262 Å². The summed E-state index contributed by atoms with van der Waals surface area (Å²) in [5.41, 5.74) is 0. The standard InChI is InChI=1S/C58H101NO8/c1-3-5-7-9-10-11-12-13-14-15-16-17-18-19-20-21-22-23-24-25-26-27-28-29-30-31-32-33-34-35-36-37-38-39-40-41-42-44-46-48-54(62)59-51(52(61)47-45-43-8-6-4-2)50-66-58-57(65)56(64)55(63)53(49-60)67-58/h5,7,10-11,13-14,16-17,19-20,22-23,45,47,51-53,55-58,60-61,63-65H,3-4,6,8-9,12,15,18,21,24-44,46,48-50H2,1-2H3,(H,59,62)/b7-5-,11-10-,14-13-,17-16-,20-19-,23-22-,47-45+. The lowest BCUT2D eigenvalue weighted by Crippen LogP contribution is -2.60. The van der Waals surface area contributed by atoms with Gasteiger partial charge in [-0.15, -0.1) is 0 Å². The summed E-state index contributed by atoms with van der Waals surface area (Å²) < 4.78 is 11.1. The summed E-state index contributed by atoms with van der Waals surface area (Å²) in [7, 11) is 0. The smallest absolute Gasteiger partial charge is 0.220 e. The SMILES string of the molecule is CC/C=C\C/C=C\C/C=C\C/C=C\C/C=C\C/C=C\CCCCCCCCCCCCCCCCCCCCCCC(=O)NC(COC1OC(CO)C(O)C(O)C1O)C(O)/C=C/CCCCC. The van der Waals surface area contributed by atoms with Crippen LogP contribution >= 0.6 is 0 Å². The third-order valence-corrected chi connectivity index (χ3v) is 12.5. The van der Waals surface area contributed by atoms with E-state index in [1.165, 1.54) is 116 Å². The number of ether oxygens (including phenoxy) is 2. The molecule has 1 amide bonds. The number of aliphatic hydroxyl groups excluding tert-OH is 5. The molecule has 9 nitrogen and oxygen atoms in total. The maximum Gasteiger partial charge on any atom is 0.220 e. The number of aliphatic hydroxyl groups is 5. The summed E-state index contributed by atoms with van der Waals surface area (Å²) in [6.07, 6.45) is 60.1. The first-order valence-corrected chi connectivity index (χ1v) is 27.3. The summed E-state index contributed by atoms with van der Waals surface area (Å²) in [5.74, 6) is -0.185. The van der Waals surface area contributed by atoms with Gasteiger partial charge in [-0.1, -0.05) is 227 Å². The first-order valence-electron chi connectivity index (χ1n) is 27.3. The lowest BCUT2D eigenvalue weighted by Gasteiger charge is -2.40. The van der Waals surface area contributed by atoms with Crippen LogP contribution in [0.2, 0.25) is 0 Å². The van der Waals surface area contributed by atoms with Crippen LogP contribution in [0.25, 0.3) is 0 Å². The first-order chi connectivity index (χ1) is 32.8. The Morgan fingerprint density at radius 2 is 0.925 bits per heavy atom. The first kappa shape index (κ1) is 62.4. The van der Waals surface area contributed by atoms with Crippen molar-refractivity contribution in [3.8, 4) is 0 Å². The quantitative estimate of drug-likeness (QED) is 0.0261. The average Bonchev–Trinajstić information content (AvgIpc) is 3.33. The minimum absolute atomic E-state index is 0.185. The van der Waals surface area contributed by atoms with Crippen LogP contribution < -0.4 is 5.32 Å². The number of hydrogen-bond donors (Lipinski definition) is 6. The molecule has 1 heterocycles. The van der Waals surface area contributed by atoms with Crippen molar-refractivity contribution in [1.29, 1.82) is 0 Å². The van der Waals surface area contributed by atoms with Crippen molar-refractivity contribution in [1.82, 2.24) is 5.32 Å². The van der Waals surface area contributed by atoms with Crippen LogP contribution in [0.15, 0.2) is 85.1 Å². The molecule has 7 atom stereocenters. The lowest BCUT2D eigenvalue weighted by atomic mass is 9.99. The van der Waals surface area contributed by atoms with Gasteiger partial charge >= 0.3 is 0 Å². The fourth-order valence-corrected chi connectivity index (χ4v) is 8.16. The number of amides is 1. The van der Waals surface area contributed by atoms with Crippen molar-refractivity contribution in [2.75, 3.05) is 13.2 Å². The van der Waals surface area contributed by atoms with Gasteiger partial charge in [0.2, 0.25) is 5.91 Å². The highest BCUT2D eigenvalue weighted by atomic mass is 16.7. The molecule has 0 bridgehead atoms. The molecule has 386 valence electrons. The van der Waals surface area contributed by atoms with Crippen molar-refractivity contribution in [2.24, 2.45) is 0 Å². The molecular weight excluding hydrogens is 839 g/mol. The predicted molar refractivity (Wildman–Crippen MR) is 281 cm³/mol. The molecule has 0 radical (unpaired) electrons. The van der Waals surface area contributed by atoms with E-state index in [-0.39, 0.29) is 12.5 Å². The molecule has 6 N–H and O–H groups in total. The highest BCUT2D eigenvalue weighted by molar-refractivity contribution is 5.76. The maximum atomic E-state index is 12.9. The number of unbranched alkanes of at least 4 members (excludes halogenated alkanes) is 23. The number of hydrogen-bond acceptors (Lipinski definition) is 8. The summed E-state index contributed by atoms with van der Waals surface area (Å²) in [5, 5.41) is 53.8. The molecule has 67 heavy (non-hydrogen) atoms. The Morgan fingerprint density at radius 3 is 1.37 bits per heavy atom. The van der Waals surface area contributed by atoms with Crippen molar-refractivity contribution in [3.63, 3.8) is 0 Å². The zero-order valence-corrected chi connectivity index (χ0v) is 42.6. The van der Waals surface area contributed by atoms with E-state index in [0.29, 0.717) is 6.42 Å². The highest BCUT2D eigenvalue weighted by Crippen LogP contribution is 2.23. The van der Waals surface area contributed by atoms with Gasteiger partial charge in [0.1, 0.15) is 24.4 Å². The van der Waals surface area contributed by atoms with Gasteiger partial charge in [-0.25, -0.2) is 0 Å². The van der Waals surface area contributed by atoms with Crippen LogP contribution in [0, 0.1) is 0 Å². The normalized spacial score (nSPS) is 20.4. The van der Waals surface area contributed by atoms with Gasteiger partial charge in [0.05, 0.1) is 25.4 Å². The van der Waals surface area contributed by atoms with E-state index in [0.717, 1.165) is 83.5 Å². The summed E-state index contributed by atoms with van der Waals surface area (Å²) >= 11 is 0. The second kappa shape index (κ2) is 47.1. The molecule has 9 heteroatoms. The third-order valence-electron chi connectivity index (χ3n) is 12.5. The van der Waals surface area contributed by atoms with Crippen LogP contribution in [0.5, 0.6) is 0 Å². The Bertz CT molecular complexity index is 1320. The van der Waals surface area contributed by atoms with E-state index < -0.39 is 49.5 Å². The van der Waals surface area contributed by atoms with Crippen LogP contribution in [0.1, 0.15) is 219 Å². The molecule has 0 aromatic carbocycles. The van der Waals surface area contributed by atoms with Crippen molar-refractivity contribution >= 4 is 5.91 Å². The topological polar surface area (TPSA) is 149 Å². The zero-order valence-electron chi connectivity index (χ0n) is 42.6. The van der Waals surface area contributed by atoms with Crippen LogP contribution in [0.3, 0.4) is 0 Å². The number of carbonyl (C=O) groups excluding carboxylic acids is 1. The molecular formula is C58H101NO8. The van der Waals surface area contributed by atoms with Gasteiger partial charge in [0, 0.05) is 6.42 Å². The Balaban J connectivity index is 1.97. The fourth-order valence-electron chi connectivity index (χ4n) is 8.16. The molecule has 0 saturated carbocycles. The van der Waals surface area contributed by atoms with Gasteiger partial charge in [-0.3, -0.25) is 4.79 Å². The highest BCUT2D eigenvalue weighted by Gasteiger charge is 2.44. The minimum Gasteiger partial charge on any atom is -0.394 e. The number of allylic oxidation sites excluding steroid dienone is 13. The Labute approximate surface area is 410 Å². The van der Waals surface area contributed by atoms with Crippen LogP contribution in [-0.4, -0.2) is 87.5 Å². The van der Waals surface area contributed by atoms with Gasteiger partial charge in [0.15, 0.2) is 6.29 Å². The van der Waals surface area contributed by atoms with Gasteiger partial charge < -0.3 is 40.3 Å². The Kier molecular flexibility index (Phi) is 43.8. The van der Waals surface area contributed by atoms with Gasteiger partial charge in [-0.05, 0) is 70.6 Å². The molecule has 0 aliphatic carbocycles. The fraction of sp³-hybridized carbons (Fsp3) is 0.741. The predicted octanol–water partition coefficient (Wildman–Crippen LogP) is 13.1. The zero-order chi connectivity index (χ0) is 48.7. The minimum atomic E-state index is -1.56. The molecule has 0 aromatic rings. The third kappa shape index (κ3) is 36.9. The molecule has 1 aliphatic heterocycles. The second-order valence-corrected chi connectivity index (χ2v) is 18.6. The number of nitrogens with one attached hydrogen (secondary N) is 1. The Morgan fingerprint density at radius 1 is 0.522 bits per heavy atom. The van der Waals surface area contributed by atoms with E-state index in [1.807, 2.05) is 6.08 Å². The van der Waals surface area contributed by atoms with E-state index >= 15 is 0 Å². The average molecular weight is 940 g/mol. The summed E-state index contributed by atoms with van der Waals surface area (Å²) in [6.45, 7) is 3.54. The van der Waals surface area contributed by atoms with Crippen LogP contribution in [-0.2, 0) is 14.3 Å². The van der Waals surface area contributed by atoms with E-state index in [1.54, 1.807) is 6.08 Å². The van der Waals surface area contributed by atoms with E-state index in [4.69, 9.17) is 9.47 Å². The summed E-state index contributed by atoms with van der Waals surface area (Å²) in [6, 6.07) is -0.802. The summed E-state index contributed by atoms with van der Waals surface area (Å²) in [4.78, 5) is 12.9. The van der Waals surface area contributed by atoms with Gasteiger partial charge in [-0.2, -0.15) is 0 Å².